The maximum atomic E-state index is 14.1. The van der Waals surface area contributed by atoms with E-state index in [2.05, 4.69) is 12.1 Å². The van der Waals surface area contributed by atoms with Crippen LogP contribution in [0.25, 0.3) is 0 Å². The molecular formula is C27H39F2NO5. The van der Waals surface area contributed by atoms with Crippen LogP contribution in [0.15, 0.2) is 36.4 Å². The van der Waals surface area contributed by atoms with E-state index in [9.17, 15) is 23.5 Å². The fourth-order valence-corrected chi connectivity index (χ4v) is 4.44. The highest BCUT2D eigenvalue weighted by atomic mass is 19.3. The summed E-state index contributed by atoms with van der Waals surface area (Å²) in [7, 11) is 1.66. The predicted molar refractivity (Wildman–Crippen MR) is 130 cm³/mol. The van der Waals surface area contributed by atoms with Gasteiger partial charge in [0.2, 0.25) is 0 Å². The number of nitrogens with zero attached hydrogens (tertiary/aromatic N) is 1. The molecule has 1 fully saturated rings. The molecule has 0 radical (unpaired) electrons. The van der Waals surface area contributed by atoms with Crippen molar-refractivity contribution >= 4 is 11.9 Å². The number of ether oxygens (including phenoxy) is 1. The number of hydrogen-bond acceptors (Lipinski definition) is 4. The van der Waals surface area contributed by atoms with Gasteiger partial charge < -0.3 is 19.8 Å². The van der Waals surface area contributed by atoms with Crippen LogP contribution >= 0.6 is 0 Å². The molecule has 0 aromatic heterocycles. The molecule has 0 aliphatic carbocycles. The summed E-state index contributed by atoms with van der Waals surface area (Å²) in [5.74, 6) is -5.47. The molecule has 1 saturated heterocycles. The quantitative estimate of drug-likeness (QED) is 0.250. The van der Waals surface area contributed by atoms with E-state index < -0.39 is 36.4 Å². The predicted octanol–water partition coefficient (Wildman–Crippen LogP) is 4.98. The van der Waals surface area contributed by atoms with Crippen LogP contribution in [0.2, 0.25) is 0 Å². The molecule has 0 saturated carbocycles. The van der Waals surface area contributed by atoms with Gasteiger partial charge >= 0.3 is 11.9 Å². The molecule has 196 valence electrons. The summed E-state index contributed by atoms with van der Waals surface area (Å²) in [4.78, 5) is 23.9. The second-order valence-corrected chi connectivity index (χ2v) is 9.53. The van der Waals surface area contributed by atoms with Crippen LogP contribution in [0.3, 0.4) is 0 Å². The first-order valence-electron chi connectivity index (χ1n) is 12.5. The van der Waals surface area contributed by atoms with Gasteiger partial charge in [-0.2, -0.15) is 8.78 Å². The maximum absolute atomic E-state index is 14.1. The summed E-state index contributed by atoms with van der Waals surface area (Å²) < 4.78 is 33.3. The number of unbranched alkanes of at least 4 members (excludes halogenated alkanes) is 3. The molecule has 1 aromatic carbocycles. The zero-order valence-electron chi connectivity index (χ0n) is 20.8. The first-order chi connectivity index (χ1) is 16.6. The minimum atomic E-state index is -3.40. The molecule has 0 unspecified atom stereocenters. The molecule has 0 spiro atoms. The highest BCUT2D eigenvalue weighted by Crippen LogP contribution is 2.34. The summed E-state index contributed by atoms with van der Waals surface area (Å²) in [6.45, 7) is 2.70. The second kappa shape index (κ2) is 14.3. The first-order valence-corrected chi connectivity index (χ1v) is 12.5. The van der Waals surface area contributed by atoms with Crippen LogP contribution < -0.4 is 0 Å². The highest BCUT2D eigenvalue weighted by molar-refractivity contribution is 5.86. The molecule has 2 rings (SSSR count). The number of aliphatic hydroxyl groups is 1. The fraction of sp³-hybridized carbons (Fsp3) is 0.630. The number of likely N-dealkylation sites (tertiary alicyclic amines) is 1. The van der Waals surface area contributed by atoms with Crippen molar-refractivity contribution in [1.82, 2.24) is 4.90 Å². The van der Waals surface area contributed by atoms with E-state index in [1.54, 1.807) is 19.3 Å². The molecule has 1 aliphatic rings. The number of methoxy groups -OCH3 is 1. The Morgan fingerprint density at radius 3 is 2.66 bits per heavy atom. The van der Waals surface area contributed by atoms with Gasteiger partial charge in [0.25, 0.3) is 5.91 Å². The molecule has 1 aromatic rings. The van der Waals surface area contributed by atoms with Crippen molar-refractivity contribution in [2.75, 3.05) is 13.7 Å². The molecule has 6 nitrogen and oxygen atoms in total. The van der Waals surface area contributed by atoms with E-state index in [0.717, 1.165) is 24.8 Å². The zero-order chi connectivity index (χ0) is 25.8. The lowest BCUT2D eigenvalue weighted by Crippen LogP contribution is -2.36. The fourth-order valence-electron chi connectivity index (χ4n) is 4.44. The minimum absolute atomic E-state index is 0.0475. The summed E-state index contributed by atoms with van der Waals surface area (Å²) >= 11 is 0. The topological polar surface area (TPSA) is 87.1 Å². The van der Waals surface area contributed by atoms with Gasteiger partial charge in [0, 0.05) is 26.5 Å². The lowest BCUT2D eigenvalue weighted by atomic mass is 9.95. The van der Waals surface area contributed by atoms with Crippen LogP contribution in [0.5, 0.6) is 0 Å². The number of aliphatic hydroxyl groups excluding tert-OH is 1. The maximum Gasteiger partial charge on any atom is 0.327 e. The Kier molecular flexibility index (Phi) is 11.8. The first kappa shape index (κ1) is 28.9. The van der Waals surface area contributed by atoms with Crippen LogP contribution in [0.4, 0.5) is 8.78 Å². The van der Waals surface area contributed by atoms with Gasteiger partial charge in [-0.05, 0) is 49.1 Å². The van der Waals surface area contributed by atoms with Gasteiger partial charge in [-0.3, -0.25) is 9.59 Å². The van der Waals surface area contributed by atoms with Crippen molar-refractivity contribution in [3.05, 3.63) is 47.5 Å². The van der Waals surface area contributed by atoms with Gasteiger partial charge in [-0.25, -0.2) is 0 Å². The minimum Gasteiger partial charge on any atom is -0.481 e. The van der Waals surface area contributed by atoms with Crippen molar-refractivity contribution < 1.29 is 33.3 Å². The number of rotatable bonds is 16. The molecule has 8 heteroatoms. The molecule has 3 atom stereocenters. The largest absolute Gasteiger partial charge is 0.481 e. The van der Waals surface area contributed by atoms with Crippen molar-refractivity contribution in [3.8, 4) is 0 Å². The van der Waals surface area contributed by atoms with Gasteiger partial charge in [-0.15, -0.1) is 0 Å². The number of amides is 1. The third-order valence-corrected chi connectivity index (χ3v) is 6.52. The standard InChI is InChI=1S/C27H39F2NO5/c1-20(9-7-10-21-11-8-12-22(17-21)19-35-2)24(31)15-14-23-18-27(28,29)26(34)30(23)16-6-4-3-5-13-25(32)33/h8,11-12,14-15,17,20,23-24,31H,3-7,9-10,13,16,18-19H2,1-2H3,(H,32,33)/b15-14+/t20-,23-,24+/m0/s1. The molecule has 1 aliphatic heterocycles. The Hall–Kier alpha value is -2.32. The van der Waals surface area contributed by atoms with E-state index in [0.29, 0.717) is 32.3 Å². The third-order valence-electron chi connectivity index (χ3n) is 6.52. The van der Waals surface area contributed by atoms with Crippen LogP contribution in [0.1, 0.15) is 69.4 Å². The van der Waals surface area contributed by atoms with Gasteiger partial charge in [0.05, 0.1) is 18.8 Å². The van der Waals surface area contributed by atoms with E-state index in [1.807, 2.05) is 19.1 Å². The normalized spacial score (nSPS) is 19.4. The SMILES string of the molecule is COCc1cccc(CCC[C@H](C)[C@H](O)/C=C/[C@H]2CC(F)(F)C(=O)N2CCCCCCC(=O)O)c1. The molecule has 0 bridgehead atoms. The van der Waals surface area contributed by atoms with Crippen molar-refractivity contribution in [3.63, 3.8) is 0 Å². The molecule has 1 amide bonds. The number of carbonyl (C=O) groups excluding carboxylic acids is 1. The molecule has 1 heterocycles. The number of hydrogen-bond donors (Lipinski definition) is 2. The van der Waals surface area contributed by atoms with Crippen molar-refractivity contribution in [2.24, 2.45) is 5.92 Å². The summed E-state index contributed by atoms with van der Waals surface area (Å²) in [6.07, 6.45) is 6.77. The van der Waals surface area contributed by atoms with Crippen molar-refractivity contribution in [1.29, 1.82) is 0 Å². The summed E-state index contributed by atoms with van der Waals surface area (Å²) in [5, 5.41) is 19.2. The highest BCUT2D eigenvalue weighted by Gasteiger charge is 2.52. The molecule has 2 N–H and O–H groups in total. The van der Waals surface area contributed by atoms with Gasteiger partial charge in [0.15, 0.2) is 0 Å². The van der Waals surface area contributed by atoms with Crippen LogP contribution in [-0.4, -0.2) is 58.7 Å². The number of halogens is 2. The summed E-state index contributed by atoms with van der Waals surface area (Å²) in [6, 6.07) is 7.46. The number of carbonyl (C=O) groups is 2. The Morgan fingerprint density at radius 1 is 1.23 bits per heavy atom. The van der Waals surface area contributed by atoms with Gasteiger partial charge in [-0.1, -0.05) is 56.2 Å². The van der Waals surface area contributed by atoms with E-state index in [1.165, 1.54) is 10.5 Å². The molecular weight excluding hydrogens is 456 g/mol. The number of benzene rings is 1. The Morgan fingerprint density at radius 2 is 1.94 bits per heavy atom. The third kappa shape index (κ3) is 9.68. The zero-order valence-corrected chi connectivity index (χ0v) is 20.8. The Labute approximate surface area is 207 Å². The van der Waals surface area contributed by atoms with E-state index in [4.69, 9.17) is 9.84 Å². The second-order valence-electron chi connectivity index (χ2n) is 9.53. The average molecular weight is 496 g/mol. The smallest absolute Gasteiger partial charge is 0.327 e. The average Bonchev–Trinajstić information content (AvgIpc) is 3.02. The monoisotopic (exact) mass is 495 g/mol. The Balaban J connectivity index is 1.82. The number of aliphatic carboxylic acids is 1. The number of carboxylic acid groups (broad SMARTS) is 1. The van der Waals surface area contributed by atoms with Crippen LogP contribution in [0, 0.1) is 5.92 Å². The number of alkyl halides is 2. The number of carboxylic acids is 1. The Bertz CT molecular complexity index is 845. The summed E-state index contributed by atoms with van der Waals surface area (Å²) in [5.41, 5.74) is 2.33. The lowest BCUT2D eigenvalue weighted by molar-refractivity contribution is -0.148. The van der Waals surface area contributed by atoms with E-state index in [-0.39, 0.29) is 18.9 Å². The molecule has 35 heavy (non-hydrogen) atoms. The van der Waals surface area contributed by atoms with Gasteiger partial charge in [0.1, 0.15) is 0 Å². The lowest BCUT2D eigenvalue weighted by Gasteiger charge is -2.22. The van der Waals surface area contributed by atoms with Crippen molar-refractivity contribution in [2.45, 2.75) is 89.4 Å². The van der Waals surface area contributed by atoms with Crippen LogP contribution in [-0.2, 0) is 27.4 Å². The van der Waals surface area contributed by atoms with E-state index >= 15 is 0 Å². The number of aryl methyl sites for hydroxylation is 1.